The van der Waals surface area contributed by atoms with E-state index in [9.17, 15) is 19.5 Å². The fourth-order valence-electron chi connectivity index (χ4n) is 3.02. The molecule has 12 nitrogen and oxygen atoms in total. The molecule has 0 aliphatic carbocycles. The van der Waals surface area contributed by atoms with Crippen LogP contribution < -0.4 is 22.1 Å². The molecule has 1 heterocycles. The van der Waals surface area contributed by atoms with Gasteiger partial charge in [-0.05, 0) is 52.9 Å². The summed E-state index contributed by atoms with van der Waals surface area (Å²) in [6, 6.07) is -1.65. The zero-order valence-corrected chi connectivity index (χ0v) is 20.2. The molecule has 0 fully saturated rings. The molecule has 0 spiro atoms. The minimum atomic E-state index is -1.18. The summed E-state index contributed by atoms with van der Waals surface area (Å²) in [5.74, 6) is -1.29. The maximum Gasteiger partial charge on any atom is 0.408 e. The number of amides is 2. The third kappa shape index (κ3) is 10.2. The van der Waals surface area contributed by atoms with Crippen LogP contribution in [0.2, 0.25) is 0 Å². The Balaban J connectivity index is 2.97. The Morgan fingerprint density at radius 3 is 2.36 bits per heavy atom. The molecule has 0 aliphatic rings. The predicted octanol–water partition coefficient (Wildman–Crippen LogP) is 1.57. The number of aromatic nitrogens is 2. The molecule has 1 rings (SSSR count). The van der Waals surface area contributed by atoms with Gasteiger partial charge in [0.25, 0.3) is 5.91 Å². The van der Waals surface area contributed by atoms with Crippen LogP contribution in [0.5, 0.6) is 0 Å². The lowest BCUT2D eigenvalue weighted by molar-refractivity contribution is -0.139. The first-order valence-corrected chi connectivity index (χ1v) is 10.8. The van der Waals surface area contributed by atoms with Crippen LogP contribution in [-0.2, 0) is 9.53 Å². The van der Waals surface area contributed by atoms with Gasteiger partial charge in [-0.25, -0.2) is 14.6 Å². The number of carboxylic acids is 1. The van der Waals surface area contributed by atoms with Crippen molar-refractivity contribution in [3.63, 3.8) is 0 Å². The molecule has 33 heavy (non-hydrogen) atoms. The van der Waals surface area contributed by atoms with Gasteiger partial charge in [0.1, 0.15) is 23.2 Å². The number of rotatable bonds is 11. The zero-order chi connectivity index (χ0) is 25.3. The van der Waals surface area contributed by atoms with Crippen LogP contribution in [0.3, 0.4) is 0 Å². The van der Waals surface area contributed by atoms with Gasteiger partial charge in [0, 0.05) is 12.2 Å². The van der Waals surface area contributed by atoms with E-state index >= 15 is 0 Å². The SMILES string of the molecule is Cc1[nH]c([C@H](CC(C)C)NC(=O)OC(C)(C)C)nc1C(=O)N[C@@H](CCCN=C(N)N)C(=O)O. The number of guanidine groups is 1. The first kappa shape index (κ1) is 27.7. The molecule has 8 N–H and O–H groups in total. The van der Waals surface area contributed by atoms with Crippen molar-refractivity contribution in [1.29, 1.82) is 0 Å². The Labute approximate surface area is 193 Å². The van der Waals surface area contributed by atoms with E-state index in [4.69, 9.17) is 16.2 Å². The number of nitrogens with two attached hydrogens (primary N) is 2. The summed E-state index contributed by atoms with van der Waals surface area (Å²) >= 11 is 0. The molecule has 0 saturated carbocycles. The smallest absolute Gasteiger partial charge is 0.408 e. The van der Waals surface area contributed by atoms with Crippen LogP contribution in [0, 0.1) is 12.8 Å². The van der Waals surface area contributed by atoms with Crippen LogP contribution in [0.1, 0.15) is 81.9 Å². The summed E-state index contributed by atoms with van der Waals surface area (Å²) in [7, 11) is 0. The minimum Gasteiger partial charge on any atom is -0.480 e. The molecular formula is C21H37N7O5. The standard InChI is InChI=1S/C21H37N7O5/c1-11(2)10-14(27-20(32)33-21(4,5)6)16-25-12(3)15(28-16)17(29)26-13(18(30)31)8-7-9-24-19(22)23/h11,13-14H,7-10H2,1-6H3,(H,25,28)(H,26,29)(H,27,32)(H,30,31)(H4,22,23,24)/t13-,14-/m0/s1. The van der Waals surface area contributed by atoms with Gasteiger partial charge in [-0.2, -0.15) is 0 Å². The number of carbonyl (C=O) groups is 3. The lowest BCUT2D eigenvalue weighted by Gasteiger charge is -2.23. The number of nitrogens with zero attached hydrogens (tertiary/aromatic N) is 2. The second-order valence-electron chi connectivity index (χ2n) is 9.24. The number of carbonyl (C=O) groups excluding carboxylic acids is 2. The molecule has 0 radical (unpaired) electrons. The number of H-pyrrole nitrogens is 1. The van der Waals surface area contributed by atoms with Crippen LogP contribution in [-0.4, -0.2) is 57.2 Å². The third-order valence-electron chi connectivity index (χ3n) is 4.39. The van der Waals surface area contributed by atoms with Gasteiger partial charge in [-0.15, -0.1) is 0 Å². The fraction of sp³-hybridized carbons (Fsp3) is 0.667. The van der Waals surface area contributed by atoms with Crippen molar-refractivity contribution in [3.8, 4) is 0 Å². The van der Waals surface area contributed by atoms with Crippen molar-refractivity contribution in [2.75, 3.05) is 6.54 Å². The topological polar surface area (TPSA) is 198 Å². The van der Waals surface area contributed by atoms with Gasteiger partial charge in [0.15, 0.2) is 5.96 Å². The maximum absolute atomic E-state index is 12.8. The van der Waals surface area contributed by atoms with Crippen LogP contribution >= 0.6 is 0 Å². The Kier molecular flexibility index (Phi) is 10.1. The highest BCUT2D eigenvalue weighted by Gasteiger charge is 2.27. The number of hydrogen-bond donors (Lipinski definition) is 6. The van der Waals surface area contributed by atoms with Crippen molar-refractivity contribution in [1.82, 2.24) is 20.6 Å². The maximum atomic E-state index is 12.8. The predicted molar refractivity (Wildman–Crippen MR) is 124 cm³/mol. The van der Waals surface area contributed by atoms with Crippen LogP contribution in [0.25, 0.3) is 0 Å². The molecular weight excluding hydrogens is 430 g/mol. The molecule has 1 aromatic rings. The molecule has 186 valence electrons. The Hall–Kier alpha value is -3.31. The molecule has 1 aromatic heterocycles. The van der Waals surface area contributed by atoms with E-state index in [0.717, 1.165) is 0 Å². The molecule has 0 aromatic carbocycles. The number of aromatic amines is 1. The highest BCUT2D eigenvalue weighted by Crippen LogP contribution is 2.21. The normalized spacial score (nSPS) is 13.2. The lowest BCUT2D eigenvalue weighted by atomic mass is 10.0. The minimum absolute atomic E-state index is 0.0558. The second-order valence-corrected chi connectivity index (χ2v) is 9.24. The van der Waals surface area contributed by atoms with E-state index in [2.05, 4.69) is 25.6 Å². The van der Waals surface area contributed by atoms with Gasteiger partial charge in [-0.1, -0.05) is 13.8 Å². The van der Waals surface area contributed by atoms with E-state index in [-0.39, 0.29) is 30.5 Å². The molecule has 0 aliphatic heterocycles. The summed E-state index contributed by atoms with van der Waals surface area (Å²) in [6.45, 7) is 11.2. The Morgan fingerprint density at radius 1 is 1.21 bits per heavy atom. The second kappa shape index (κ2) is 12.1. The Morgan fingerprint density at radius 2 is 1.85 bits per heavy atom. The van der Waals surface area contributed by atoms with E-state index in [1.165, 1.54) is 0 Å². The average Bonchev–Trinajstić information content (AvgIpc) is 3.03. The summed E-state index contributed by atoms with van der Waals surface area (Å²) in [6.07, 6.45) is 0.469. The van der Waals surface area contributed by atoms with Gasteiger partial charge in [0.05, 0.1) is 6.04 Å². The largest absolute Gasteiger partial charge is 0.480 e. The first-order chi connectivity index (χ1) is 15.2. The number of alkyl carbamates (subject to hydrolysis) is 1. The van der Waals surface area contributed by atoms with Gasteiger partial charge in [-0.3, -0.25) is 9.79 Å². The summed E-state index contributed by atoms with van der Waals surface area (Å²) in [5.41, 5.74) is 10.4. The van der Waals surface area contributed by atoms with Crippen molar-refractivity contribution < 1.29 is 24.2 Å². The highest BCUT2D eigenvalue weighted by molar-refractivity contribution is 5.96. The molecule has 0 saturated heterocycles. The summed E-state index contributed by atoms with van der Waals surface area (Å²) < 4.78 is 5.34. The van der Waals surface area contributed by atoms with Crippen molar-refractivity contribution in [3.05, 3.63) is 17.2 Å². The van der Waals surface area contributed by atoms with Gasteiger partial charge in [0.2, 0.25) is 0 Å². The van der Waals surface area contributed by atoms with E-state index < -0.39 is 35.7 Å². The van der Waals surface area contributed by atoms with Gasteiger partial charge >= 0.3 is 12.1 Å². The number of imidazole rings is 1. The van der Waals surface area contributed by atoms with Crippen LogP contribution in [0.4, 0.5) is 4.79 Å². The lowest BCUT2D eigenvalue weighted by Crippen LogP contribution is -2.41. The number of aliphatic carboxylic acids is 1. The fourth-order valence-corrected chi connectivity index (χ4v) is 3.02. The average molecular weight is 468 g/mol. The zero-order valence-electron chi connectivity index (χ0n) is 20.2. The molecule has 0 unspecified atom stereocenters. The number of hydrogen-bond acceptors (Lipinski definition) is 6. The quantitative estimate of drug-likeness (QED) is 0.160. The monoisotopic (exact) mass is 467 g/mol. The number of aliphatic imine (C=N–C) groups is 1. The van der Waals surface area contributed by atoms with Crippen LogP contribution in [0.15, 0.2) is 4.99 Å². The number of carboxylic acid groups (broad SMARTS) is 1. The molecule has 2 atom stereocenters. The highest BCUT2D eigenvalue weighted by atomic mass is 16.6. The van der Waals surface area contributed by atoms with Crippen molar-refractivity contribution in [2.24, 2.45) is 22.4 Å². The Bertz CT molecular complexity index is 854. The van der Waals surface area contributed by atoms with E-state index in [1.54, 1.807) is 27.7 Å². The van der Waals surface area contributed by atoms with E-state index in [1.807, 2.05) is 13.8 Å². The number of ether oxygens (including phenoxy) is 1. The summed E-state index contributed by atoms with van der Waals surface area (Å²) in [4.78, 5) is 47.8. The molecule has 2 amide bonds. The molecule has 0 bridgehead atoms. The van der Waals surface area contributed by atoms with E-state index in [0.29, 0.717) is 24.4 Å². The number of nitrogens with one attached hydrogen (secondary N) is 3. The van der Waals surface area contributed by atoms with Gasteiger partial charge < -0.3 is 36.9 Å². The number of aryl methyl sites for hydroxylation is 1. The third-order valence-corrected chi connectivity index (χ3v) is 4.39. The molecule has 12 heteroatoms. The summed E-state index contributed by atoms with van der Waals surface area (Å²) in [5, 5.41) is 14.7. The van der Waals surface area contributed by atoms with Crippen molar-refractivity contribution >= 4 is 23.9 Å². The first-order valence-electron chi connectivity index (χ1n) is 10.8. The van der Waals surface area contributed by atoms with Crippen molar-refractivity contribution in [2.45, 2.75) is 78.5 Å².